The molecule has 0 unspecified atom stereocenters. The number of carbonyl (C=O) groups is 2. The molecular formula is C32H27N3O3S. The first-order chi connectivity index (χ1) is 18.8. The van der Waals surface area contributed by atoms with Crippen LogP contribution in [0.1, 0.15) is 49.6 Å². The number of ketones is 1. The Labute approximate surface area is 232 Å². The van der Waals surface area contributed by atoms with Gasteiger partial charge in [0, 0.05) is 28.4 Å². The summed E-state index contributed by atoms with van der Waals surface area (Å²) in [5.74, 6) is -0.932. The molecule has 7 heteroatoms. The Kier molecular flexibility index (Phi) is 8.24. The summed E-state index contributed by atoms with van der Waals surface area (Å²) in [6.07, 6.45) is 1.45. The Morgan fingerprint density at radius 2 is 1.67 bits per heavy atom. The number of nitrogens with zero attached hydrogens (tertiary/aromatic N) is 3. The molecule has 4 aromatic rings. The molecular weight excluding hydrogens is 506 g/mol. The molecule has 0 spiro atoms. The van der Waals surface area contributed by atoms with Crippen molar-refractivity contribution in [3.8, 4) is 29.0 Å². The summed E-state index contributed by atoms with van der Waals surface area (Å²) < 4.78 is 7.16. The number of carbonyl (C=O) groups excluding carboxylic acids is 2. The summed E-state index contributed by atoms with van der Waals surface area (Å²) in [6.45, 7) is 7.51. The lowest BCUT2D eigenvalue weighted by atomic mass is 10.0. The number of hydrogen-bond acceptors (Lipinski definition) is 6. The van der Waals surface area contributed by atoms with Gasteiger partial charge in [0.05, 0.1) is 17.7 Å². The fourth-order valence-electron chi connectivity index (χ4n) is 4.57. The Hall–Kier alpha value is -4.72. The SMILES string of the molecule is CCOC(=O)c1sc(CC(=O)C(C#N)=Cc2cc(C)n(-c3ccc(-c4ccccc4)cc3)c2C)c(C#N)c1C. The van der Waals surface area contributed by atoms with Crippen LogP contribution < -0.4 is 0 Å². The number of thiophene rings is 1. The van der Waals surface area contributed by atoms with E-state index in [0.717, 1.165) is 45.1 Å². The summed E-state index contributed by atoms with van der Waals surface area (Å²) in [6, 6.07) is 24.5. The van der Waals surface area contributed by atoms with Crippen LogP contribution in [0.2, 0.25) is 0 Å². The second-order valence-electron chi connectivity index (χ2n) is 9.03. The lowest BCUT2D eigenvalue weighted by Gasteiger charge is -2.11. The predicted molar refractivity (Wildman–Crippen MR) is 153 cm³/mol. The van der Waals surface area contributed by atoms with Crippen molar-refractivity contribution in [1.29, 1.82) is 10.5 Å². The van der Waals surface area contributed by atoms with E-state index in [-0.39, 0.29) is 24.2 Å². The Bertz CT molecular complexity index is 1660. The highest BCUT2D eigenvalue weighted by atomic mass is 32.1. The monoisotopic (exact) mass is 533 g/mol. The fraction of sp³-hybridized carbons (Fsp3) is 0.188. The van der Waals surface area contributed by atoms with Crippen LogP contribution in [0, 0.1) is 43.4 Å². The molecule has 0 amide bonds. The van der Waals surface area contributed by atoms with Gasteiger partial charge in [-0.1, -0.05) is 42.5 Å². The molecule has 0 aliphatic carbocycles. The number of Topliss-reactive ketones (excluding diaryl/α,β-unsaturated/α-hetero) is 1. The molecule has 0 bridgehead atoms. The Morgan fingerprint density at radius 3 is 2.28 bits per heavy atom. The number of allylic oxidation sites excluding steroid dienone is 1. The molecule has 0 atom stereocenters. The zero-order valence-corrected chi connectivity index (χ0v) is 23.1. The van der Waals surface area contributed by atoms with E-state index in [4.69, 9.17) is 4.74 Å². The average molecular weight is 534 g/mol. The zero-order chi connectivity index (χ0) is 28.1. The van der Waals surface area contributed by atoms with E-state index in [1.165, 1.54) is 0 Å². The summed E-state index contributed by atoms with van der Waals surface area (Å²) >= 11 is 1.07. The number of nitriles is 2. The summed E-state index contributed by atoms with van der Waals surface area (Å²) in [7, 11) is 0. The highest BCUT2D eigenvalue weighted by Gasteiger charge is 2.24. The fourth-order valence-corrected chi connectivity index (χ4v) is 5.72. The number of aromatic nitrogens is 1. The molecule has 6 nitrogen and oxygen atoms in total. The molecule has 194 valence electrons. The van der Waals surface area contributed by atoms with Crippen molar-refractivity contribution in [3.63, 3.8) is 0 Å². The van der Waals surface area contributed by atoms with Gasteiger partial charge in [0.1, 0.15) is 17.0 Å². The highest BCUT2D eigenvalue weighted by Crippen LogP contribution is 2.30. The van der Waals surface area contributed by atoms with Crippen molar-refractivity contribution in [2.75, 3.05) is 6.61 Å². The molecule has 0 saturated heterocycles. The van der Waals surface area contributed by atoms with Gasteiger partial charge in [0.2, 0.25) is 0 Å². The van der Waals surface area contributed by atoms with E-state index in [0.29, 0.717) is 15.3 Å². The predicted octanol–water partition coefficient (Wildman–Crippen LogP) is 6.90. The maximum atomic E-state index is 13.2. The third-order valence-electron chi connectivity index (χ3n) is 6.54. The summed E-state index contributed by atoms with van der Waals surface area (Å²) in [5, 5.41) is 19.5. The summed E-state index contributed by atoms with van der Waals surface area (Å²) in [4.78, 5) is 26.2. The first-order valence-corrected chi connectivity index (χ1v) is 13.3. The van der Waals surface area contributed by atoms with Gasteiger partial charge in [-0.25, -0.2) is 4.79 Å². The first kappa shape index (κ1) is 27.3. The molecule has 0 aliphatic heterocycles. The van der Waals surface area contributed by atoms with Gasteiger partial charge in [0.25, 0.3) is 0 Å². The third-order valence-corrected chi connectivity index (χ3v) is 7.81. The van der Waals surface area contributed by atoms with E-state index in [1.807, 2.05) is 44.2 Å². The molecule has 0 fully saturated rings. The van der Waals surface area contributed by atoms with Crippen molar-refractivity contribution in [3.05, 3.63) is 104 Å². The first-order valence-electron chi connectivity index (χ1n) is 12.5. The molecule has 0 aliphatic rings. The Morgan fingerprint density at radius 1 is 1.00 bits per heavy atom. The van der Waals surface area contributed by atoms with E-state index in [1.54, 1.807) is 19.9 Å². The maximum absolute atomic E-state index is 13.2. The van der Waals surface area contributed by atoms with Gasteiger partial charge in [-0.3, -0.25) is 4.79 Å². The van der Waals surface area contributed by atoms with Crippen LogP contribution in [0.3, 0.4) is 0 Å². The average Bonchev–Trinajstić information content (AvgIpc) is 3.41. The molecule has 2 heterocycles. The number of aryl methyl sites for hydroxylation is 1. The minimum Gasteiger partial charge on any atom is -0.462 e. The van der Waals surface area contributed by atoms with E-state index in [2.05, 4.69) is 47.0 Å². The van der Waals surface area contributed by atoms with Crippen molar-refractivity contribution in [2.45, 2.75) is 34.1 Å². The standard InChI is InChI=1S/C32H27N3O3S/c1-5-38-32(37)31-21(3)28(19-34)30(39-31)17-29(36)26(18-33)16-25-15-20(2)35(22(25)4)27-13-11-24(12-14-27)23-9-7-6-8-10-23/h6-16H,5,17H2,1-4H3. The second kappa shape index (κ2) is 11.8. The quantitative estimate of drug-likeness (QED) is 0.139. The maximum Gasteiger partial charge on any atom is 0.348 e. The lowest BCUT2D eigenvalue weighted by Crippen LogP contribution is -2.05. The number of benzene rings is 2. The van der Waals surface area contributed by atoms with Crippen molar-refractivity contribution in [2.24, 2.45) is 0 Å². The van der Waals surface area contributed by atoms with E-state index in [9.17, 15) is 20.1 Å². The minimum absolute atomic E-state index is 0.0118. The molecule has 0 saturated carbocycles. The van der Waals surface area contributed by atoms with Gasteiger partial charge in [0.15, 0.2) is 5.78 Å². The molecule has 0 radical (unpaired) electrons. The summed E-state index contributed by atoms with van der Waals surface area (Å²) in [5.41, 5.74) is 6.63. The van der Waals surface area contributed by atoms with Crippen LogP contribution in [-0.2, 0) is 16.0 Å². The van der Waals surface area contributed by atoms with Crippen LogP contribution in [0.15, 0.2) is 66.2 Å². The smallest absolute Gasteiger partial charge is 0.348 e. The van der Waals surface area contributed by atoms with E-state index >= 15 is 0 Å². The Balaban J connectivity index is 1.62. The number of hydrogen-bond donors (Lipinski definition) is 0. The topological polar surface area (TPSA) is 95.9 Å². The third kappa shape index (κ3) is 5.60. The molecule has 0 N–H and O–H groups in total. The zero-order valence-electron chi connectivity index (χ0n) is 22.2. The van der Waals surface area contributed by atoms with Gasteiger partial charge in [-0.2, -0.15) is 10.5 Å². The lowest BCUT2D eigenvalue weighted by molar-refractivity contribution is -0.114. The van der Waals surface area contributed by atoms with Crippen LogP contribution in [0.4, 0.5) is 0 Å². The van der Waals surface area contributed by atoms with Crippen molar-refractivity contribution >= 4 is 29.2 Å². The number of esters is 1. The largest absolute Gasteiger partial charge is 0.462 e. The van der Waals surface area contributed by atoms with Crippen LogP contribution >= 0.6 is 11.3 Å². The van der Waals surface area contributed by atoms with Crippen LogP contribution in [-0.4, -0.2) is 22.9 Å². The van der Waals surface area contributed by atoms with Crippen LogP contribution in [0.25, 0.3) is 22.9 Å². The van der Waals surface area contributed by atoms with Gasteiger partial charge in [-0.05, 0) is 74.2 Å². The van der Waals surface area contributed by atoms with Gasteiger partial charge in [-0.15, -0.1) is 11.3 Å². The van der Waals surface area contributed by atoms with Gasteiger partial charge >= 0.3 is 5.97 Å². The van der Waals surface area contributed by atoms with E-state index < -0.39 is 11.8 Å². The van der Waals surface area contributed by atoms with Crippen molar-refractivity contribution in [1.82, 2.24) is 4.57 Å². The van der Waals surface area contributed by atoms with Gasteiger partial charge < -0.3 is 9.30 Å². The number of rotatable bonds is 8. The minimum atomic E-state index is -0.518. The normalized spacial score (nSPS) is 11.1. The molecule has 2 aromatic carbocycles. The van der Waals surface area contributed by atoms with Crippen LogP contribution in [0.5, 0.6) is 0 Å². The molecule has 4 rings (SSSR count). The number of ether oxygens (including phenoxy) is 1. The second-order valence-corrected chi connectivity index (χ2v) is 10.1. The van der Waals surface area contributed by atoms with Crippen molar-refractivity contribution < 1.29 is 14.3 Å². The molecule has 2 aromatic heterocycles. The highest BCUT2D eigenvalue weighted by molar-refractivity contribution is 7.14. The molecule has 39 heavy (non-hydrogen) atoms.